The van der Waals surface area contributed by atoms with Crippen LogP contribution < -0.4 is 6.15 Å². The van der Waals surface area contributed by atoms with E-state index in [2.05, 4.69) is 48.9 Å². The first-order valence-electron chi connectivity index (χ1n) is 1.71. The third-order valence-corrected chi connectivity index (χ3v) is 0. The van der Waals surface area contributed by atoms with Crippen molar-refractivity contribution in [2.24, 2.45) is 0 Å². The van der Waals surface area contributed by atoms with Crippen molar-refractivity contribution in [3.8, 4) is 0 Å². The van der Waals surface area contributed by atoms with Gasteiger partial charge in [-0.05, 0) is 0 Å². The van der Waals surface area contributed by atoms with Crippen molar-refractivity contribution in [2.45, 2.75) is 0 Å². The van der Waals surface area contributed by atoms with E-state index in [0.717, 1.165) is 0 Å². The largest absolute Gasteiger partial charge is 3.00 e. The van der Waals surface area contributed by atoms with Crippen LogP contribution in [-0.4, -0.2) is 20.6 Å². The number of quaternary nitrogens is 1. The zero-order chi connectivity index (χ0) is 10.8. The van der Waals surface area contributed by atoms with Crippen molar-refractivity contribution < 1.29 is 22.4 Å². The molecule has 5 nitrogen and oxygen atoms in total. The quantitative estimate of drug-likeness (QED) is 0.348. The Balaban J connectivity index is -0.0000000145. The second kappa shape index (κ2) is 120. The molecule has 0 rings (SSSR count). The number of rotatable bonds is 0. The summed E-state index contributed by atoms with van der Waals surface area (Å²) in [7, 11) is 0. The van der Waals surface area contributed by atoms with Gasteiger partial charge in [0.15, 0.2) is 0 Å². The van der Waals surface area contributed by atoms with E-state index in [-0.39, 0.29) is 28.5 Å². The van der Waals surface area contributed by atoms with Gasteiger partial charge in [-0.25, -0.2) is 0 Å². The summed E-state index contributed by atoms with van der Waals surface area (Å²) in [4.78, 5) is 0. The Morgan fingerprint density at radius 2 is 0.571 bits per heavy atom. The molecule has 0 aromatic carbocycles. The molecule has 0 unspecified atom stereocenters. The second-order valence-corrected chi connectivity index (χ2v) is 1.10. The first kappa shape index (κ1) is 37.1. The minimum atomic E-state index is 0. The van der Waals surface area contributed by atoms with Crippen molar-refractivity contribution in [1.82, 2.24) is 6.15 Å². The summed E-state index contributed by atoms with van der Waals surface area (Å²) < 4.78 is 0. The van der Waals surface area contributed by atoms with E-state index < -0.39 is 0 Å². The molecule has 80 valence electrons. The molecule has 0 bridgehead atoms. The Labute approximate surface area is 119 Å². The number of nitrogens with zero attached hydrogens (tertiary/aromatic N) is 4. The Bertz CT molecular complexity index is 158. The van der Waals surface area contributed by atoms with Crippen molar-refractivity contribution in [2.75, 3.05) is 0 Å². The molecule has 0 atom stereocenters. The van der Waals surface area contributed by atoms with Crippen LogP contribution >= 0.6 is 48.9 Å². The summed E-state index contributed by atoms with van der Waals surface area (Å²) in [6, 6.07) is 0. The van der Waals surface area contributed by atoms with Gasteiger partial charge in [-0.3, -0.25) is 0 Å². The first-order chi connectivity index (χ1) is 5.66. The standard InChI is InChI=1S/4CNS.Au.H3N/c4*2-1-3;;/h;;;;;1H3/q4*-1;+3;/p+1. The minimum absolute atomic E-state index is 0. The number of isothiocyanates is 4. The molecule has 10 heteroatoms. The fourth-order valence-corrected chi connectivity index (χ4v) is 0. The maximum atomic E-state index is 7.13. The van der Waals surface area contributed by atoms with Crippen LogP contribution in [0, 0.1) is 0 Å². The number of hydrogen-bond donors (Lipinski definition) is 1. The van der Waals surface area contributed by atoms with Crippen molar-refractivity contribution in [1.29, 1.82) is 0 Å². The van der Waals surface area contributed by atoms with Gasteiger partial charge in [0, 0.05) is 0 Å². The summed E-state index contributed by atoms with van der Waals surface area (Å²) in [5.41, 5.74) is 0. The van der Waals surface area contributed by atoms with Gasteiger partial charge < -0.3 is 27.8 Å². The number of hydrogen-bond acceptors (Lipinski definition) is 4. The molecule has 0 aromatic heterocycles. The van der Waals surface area contributed by atoms with Crippen LogP contribution in [0.5, 0.6) is 0 Å². The molecule has 14 heavy (non-hydrogen) atoms. The summed E-state index contributed by atoms with van der Waals surface area (Å²) in [5.74, 6) is 0. The molecular formula is C4H4AuN5S4. The van der Waals surface area contributed by atoms with Crippen molar-refractivity contribution >= 4 is 69.5 Å². The topological polar surface area (TPSA) is 126 Å². The minimum Gasteiger partial charge on any atom is -0.753 e. The van der Waals surface area contributed by atoms with Gasteiger partial charge >= 0.3 is 22.4 Å². The molecule has 0 saturated heterocycles. The van der Waals surface area contributed by atoms with Crippen LogP contribution in [0.25, 0.3) is 21.6 Å². The molecule has 0 aromatic rings. The molecule has 0 saturated carbocycles. The molecule has 0 aliphatic heterocycles. The van der Waals surface area contributed by atoms with E-state index in [4.69, 9.17) is 21.6 Å². The Hall–Kier alpha value is -0.0997. The van der Waals surface area contributed by atoms with Gasteiger partial charge in [-0.15, -0.1) is 0 Å². The van der Waals surface area contributed by atoms with E-state index >= 15 is 0 Å². The predicted octanol–water partition coefficient (Wildman–Crippen LogP) is 3.01. The molecule has 0 heterocycles. The molecule has 0 amide bonds. The molecule has 0 aliphatic carbocycles. The average molecular weight is 447 g/mol. The Kier molecular flexibility index (Phi) is 318. The maximum Gasteiger partial charge on any atom is 3.00 e. The maximum absolute atomic E-state index is 7.13. The third-order valence-electron chi connectivity index (χ3n) is 0. The molecular weight excluding hydrogens is 443 g/mol. The fraction of sp³-hybridized carbons (Fsp3) is 0. The molecule has 0 spiro atoms. The zero-order valence-corrected chi connectivity index (χ0v) is 12.2. The van der Waals surface area contributed by atoms with E-state index in [1.54, 1.807) is 0 Å². The summed E-state index contributed by atoms with van der Waals surface area (Å²) >= 11 is 14.8. The van der Waals surface area contributed by atoms with Crippen LogP contribution in [0.15, 0.2) is 0 Å². The van der Waals surface area contributed by atoms with Gasteiger partial charge in [0.05, 0.1) is 0 Å². The summed E-state index contributed by atoms with van der Waals surface area (Å²) in [6.07, 6.45) is 0. The van der Waals surface area contributed by atoms with Gasteiger partial charge in [0.2, 0.25) is 0 Å². The summed E-state index contributed by atoms with van der Waals surface area (Å²) in [6.45, 7) is 0. The van der Waals surface area contributed by atoms with Crippen LogP contribution in [0.3, 0.4) is 0 Å². The summed E-state index contributed by atoms with van der Waals surface area (Å²) in [5, 5.41) is 33.9. The van der Waals surface area contributed by atoms with Crippen LogP contribution in [0.4, 0.5) is 0 Å². The Morgan fingerprint density at radius 1 is 0.571 bits per heavy atom. The van der Waals surface area contributed by atoms with Gasteiger partial charge in [-0.1, -0.05) is 48.9 Å². The molecule has 0 radical (unpaired) electrons. The third kappa shape index (κ3) is 142000. The predicted molar refractivity (Wildman–Crippen MR) is 69.8 cm³/mol. The zero-order valence-electron chi connectivity index (χ0n) is 6.72. The van der Waals surface area contributed by atoms with Crippen LogP contribution in [0.2, 0.25) is 0 Å². The molecule has 4 N–H and O–H groups in total. The molecule has 0 fully saturated rings. The van der Waals surface area contributed by atoms with E-state index in [1.165, 1.54) is 20.6 Å². The van der Waals surface area contributed by atoms with E-state index in [1.807, 2.05) is 0 Å². The SMILES string of the molecule is [Au+3].[N-]=C=S.[N-]=C=S.[N-]=C=S.[N-]=C=S.[NH4+]. The van der Waals surface area contributed by atoms with Crippen LogP contribution in [0.1, 0.15) is 0 Å². The van der Waals surface area contributed by atoms with Crippen molar-refractivity contribution in [3.05, 3.63) is 21.6 Å². The fourth-order valence-electron chi connectivity index (χ4n) is 0. The number of thiocarbonyl (C=S) groups is 4. The van der Waals surface area contributed by atoms with Gasteiger partial charge in [0.1, 0.15) is 0 Å². The van der Waals surface area contributed by atoms with Gasteiger partial charge in [-0.2, -0.15) is 20.6 Å². The normalized spacial score (nSPS) is 2.29. The van der Waals surface area contributed by atoms with Gasteiger partial charge in [0.25, 0.3) is 0 Å². The van der Waals surface area contributed by atoms with Crippen molar-refractivity contribution in [3.63, 3.8) is 0 Å². The van der Waals surface area contributed by atoms with Crippen LogP contribution in [-0.2, 0) is 22.4 Å². The molecule has 0 aliphatic rings. The monoisotopic (exact) mass is 447 g/mol. The van der Waals surface area contributed by atoms with E-state index in [0.29, 0.717) is 0 Å². The van der Waals surface area contributed by atoms with E-state index in [9.17, 15) is 0 Å². The second-order valence-electron chi connectivity index (χ2n) is 0.365. The smallest absolute Gasteiger partial charge is 0.753 e. The first-order valence-corrected chi connectivity index (χ1v) is 3.34. The Morgan fingerprint density at radius 3 is 0.571 bits per heavy atom. The average Bonchev–Trinajstić information content (AvgIpc) is 1.92.